The van der Waals surface area contributed by atoms with E-state index < -0.39 is 0 Å². The van der Waals surface area contributed by atoms with Gasteiger partial charge in [0.2, 0.25) is 5.88 Å². The fraction of sp³-hybridized carbons (Fsp3) is 0.571. The molecule has 3 rings (SSSR count). The molecule has 1 aromatic rings. The summed E-state index contributed by atoms with van der Waals surface area (Å²) in [6.45, 7) is 2.89. The number of carbonyl (C=O) groups is 1. The maximum Gasteiger partial charge on any atom is 0.253 e. The van der Waals surface area contributed by atoms with E-state index in [2.05, 4.69) is 17.2 Å². The van der Waals surface area contributed by atoms with Gasteiger partial charge in [-0.1, -0.05) is 6.92 Å². The van der Waals surface area contributed by atoms with Gasteiger partial charge in [0.05, 0.1) is 12.2 Å². The average Bonchev–Trinajstić information content (AvgIpc) is 3.27. The second-order valence-electron chi connectivity index (χ2n) is 5.43. The van der Waals surface area contributed by atoms with Gasteiger partial charge in [-0.15, -0.1) is 0 Å². The Morgan fingerprint density at radius 1 is 1.50 bits per heavy atom. The lowest BCUT2D eigenvalue weighted by Crippen LogP contribution is -2.26. The maximum atomic E-state index is 11.8. The highest BCUT2D eigenvalue weighted by atomic mass is 16.5. The Morgan fingerprint density at radius 3 is 2.83 bits per heavy atom. The van der Waals surface area contributed by atoms with Crippen LogP contribution in [0.5, 0.6) is 5.88 Å². The van der Waals surface area contributed by atoms with Crippen molar-refractivity contribution in [3.63, 3.8) is 0 Å². The zero-order valence-electron chi connectivity index (χ0n) is 10.6. The number of hydrogen-bond donors (Lipinski definition) is 1. The van der Waals surface area contributed by atoms with Gasteiger partial charge in [-0.2, -0.15) is 0 Å². The average molecular weight is 246 g/mol. The number of nitrogens with zero attached hydrogens (tertiary/aromatic N) is 1. The number of hydrogen-bond acceptors (Lipinski definition) is 3. The Labute approximate surface area is 107 Å². The fourth-order valence-electron chi connectivity index (χ4n) is 1.86. The second-order valence-corrected chi connectivity index (χ2v) is 5.43. The summed E-state index contributed by atoms with van der Waals surface area (Å²) in [7, 11) is 0. The molecule has 0 bridgehead atoms. The highest BCUT2D eigenvalue weighted by Crippen LogP contribution is 2.30. The molecular weight excluding hydrogens is 228 g/mol. The van der Waals surface area contributed by atoms with Crippen LogP contribution in [0, 0.1) is 11.8 Å². The smallest absolute Gasteiger partial charge is 0.253 e. The van der Waals surface area contributed by atoms with Crippen molar-refractivity contribution in [1.29, 1.82) is 0 Å². The van der Waals surface area contributed by atoms with Crippen LogP contribution in [-0.2, 0) is 0 Å². The van der Waals surface area contributed by atoms with Crippen LogP contribution < -0.4 is 10.1 Å². The Bertz CT molecular complexity index is 440. The van der Waals surface area contributed by atoms with Crippen molar-refractivity contribution in [3.8, 4) is 5.88 Å². The van der Waals surface area contributed by atoms with Gasteiger partial charge in [0.25, 0.3) is 5.91 Å². The molecule has 0 unspecified atom stereocenters. The molecule has 2 saturated carbocycles. The monoisotopic (exact) mass is 246 g/mol. The molecule has 0 spiro atoms. The first-order valence-corrected chi connectivity index (χ1v) is 6.62. The van der Waals surface area contributed by atoms with Gasteiger partial charge in [-0.3, -0.25) is 4.79 Å². The predicted octanol–water partition coefficient (Wildman–Crippen LogP) is 2.01. The molecule has 1 heterocycles. The van der Waals surface area contributed by atoms with E-state index in [1.54, 1.807) is 18.3 Å². The quantitative estimate of drug-likeness (QED) is 0.864. The summed E-state index contributed by atoms with van der Waals surface area (Å²) in [5, 5.41) is 2.98. The largest absolute Gasteiger partial charge is 0.477 e. The van der Waals surface area contributed by atoms with E-state index >= 15 is 0 Å². The Balaban J connectivity index is 1.53. The number of nitrogens with one attached hydrogen (secondary N) is 1. The summed E-state index contributed by atoms with van der Waals surface area (Å²) in [4.78, 5) is 16.0. The first kappa shape index (κ1) is 11.5. The first-order valence-electron chi connectivity index (χ1n) is 6.62. The third-order valence-corrected chi connectivity index (χ3v) is 3.59. The molecule has 2 aliphatic carbocycles. The lowest BCUT2D eigenvalue weighted by molar-refractivity contribution is 0.0949. The molecule has 0 saturated heterocycles. The Kier molecular flexibility index (Phi) is 2.94. The summed E-state index contributed by atoms with van der Waals surface area (Å²) in [6.07, 6.45) is 5.20. The number of aromatic nitrogens is 1. The van der Waals surface area contributed by atoms with E-state index in [-0.39, 0.29) is 5.91 Å². The fourth-order valence-corrected chi connectivity index (χ4v) is 1.86. The third-order valence-electron chi connectivity index (χ3n) is 3.59. The zero-order valence-corrected chi connectivity index (χ0v) is 10.6. The van der Waals surface area contributed by atoms with Crippen molar-refractivity contribution in [2.45, 2.75) is 32.2 Å². The lowest BCUT2D eigenvalue weighted by Gasteiger charge is -2.06. The van der Waals surface area contributed by atoms with Crippen LogP contribution in [0.4, 0.5) is 0 Å². The molecule has 2 atom stereocenters. The van der Waals surface area contributed by atoms with Gasteiger partial charge in [0.15, 0.2) is 0 Å². The topological polar surface area (TPSA) is 51.2 Å². The van der Waals surface area contributed by atoms with E-state index in [0.717, 1.165) is 13.0 Å². The molecule has 4 nitrogen and oxygen atoms in total. The SMILES string of the molecule is C[C@H]1C[C@@H]1NC(=O)c1ccc(OCC2CC2)nc1. The van der Waals surface area contributed by atoms with E-state index in [0.29, 0.717) is 29.3 Å². The van der Waals surface area contributed by atoms with Crippen LogP contribution in [-0.4, -0.2) is 23.5 Å². The van der Waals surface area contributed by atoms with Gasteiger partial charge in [-0.25, -0.2) is 4.98 Å². The van der Waals surface area contributed by atoms with Gasteiger partial charge in [-0.05, 0) is 37.2 Å². The number of amides is 1. The molecule has 4 heteroatoms. The van der Waals surface area contributed by atoms with Gasteiger partial charge < -0.3 is 10.1 Å². The summed E-state index contributed by atoms with van der Waals surface area (Å²) < 4.78 is 5.53. The number of ether oxygens (including phenoxy) is 1. The normalized spacial score (nSPS) is 25.6. The zero-order chi connectivity index (χ0) is 12.5. The van der Waals surface area contributed by atoms with Crippen LogP contribution in [0.3, 0.4) is 0 Å². The van der Waals surface area contributed by atoms with Crippen molar-refractivity contribution in [3.05, 3.63) is 23.9 Å². The van der Waals surface area contributed by atoms with Gasteiger partial charge >= 0.3 is 0 Å². The van der Waals surface area contributed by atoms with Crippen molar-refractivity contribution >= 4 is 5.91 Å². The second kappa shape index (κ2) is 4.59. The maximum absolute atomic E-state index is 11.8. The van der Waals surface area contributed by atoms with Crippen LogP contribution in [0.25, 0.3) is 0 Å². The Morgan fingerprint density at radius 2 is 2.28 bits per heavy atom. The van der Waals surface area contributed by atoms with E-state index in [4.69, 9.17) is 4.74 Å². The van der Waals surface area contributed by atoms with Crippen molar-refractivity contribution in [2.75, 3.05) is 6.61 Å². The lowest BCUT2D eigenvalue weighted by atomic mass is 10.2. The summed E-state index contributed by atoms with van der Waals surface area (Å²) >= 11 is 0. The highest BCUT2D eigenvalue weighted by molar-refractivity contribution is 5.94. The number of carbonyl (C=O) groups excluding carboxylic acids is 1. The van der Waals surface area contributed by atoms with Gasteiger partial charge in [0.1, 0.15) is 0 Å². The molecule has 0 aliphatic heterocycles. The van der Waals surface area contributed by atoms with Crippen LogP contribution >= 0.6 is 0 Å². The molecule has 2 fully saturated rings. The molecule has 2 aliphatic rings. The molecule has 0 radical (unpaired) electrons. The first-order chi connectivity index (χ1) is 8.72. The summed E-state index contributed by atoms with van der Waals surface area (Å²) in [5.74, 6) is 1.90. The number of rotatable bonds is 5. The van der Waals surface area contributed by atoms with Crippen LogP contribution in [0.2, 0.25) is 0 Å². The molecule has 1 aromatic heterocycles. The van der Waals surface area contributed by atoms with Crippen molar-refractivity contribution in [2.24, 2.45) is 11.8 Å². The summed E-state index contributed by atoms with van der Waals surface area (Å²) in [5.41, 5.74) is 0.605. The minimum atomic E-state index is -0.0365. The third kappa shape index (κ3) is 2.81. The molecular formula is C14H18N2O2. The molecule has 18 heavy (non-hydrogen) atoms. The minimum absolute atomic E-state index is 0.0365. The van der Waals surface area contributed by atoms with Gasteiger partial charge in [0, 0.05) is 18.3 Å². The minimum Gasteiger partial charge on any atom is -0.477 e. The Hall–Kier alpha value is -1.58. The number of pyridine rings is 1. The molecule has 1 amide bonds. The van der Waals surface area contributed by atoms with Crippen molar-refractivity contribution in [1.82, 2.24) is 10.3 Å². The van der Waals surface area contributed by atoms with E-state index in [1.807, 2.05) is 0 Å². The van der Waals surface area contributed by atoms with Crippen molar-refractivity contribution < 1.29 is 9.53 Å². The standard InChI is InChI=1S/C14H18N2O2/c1-9-6-12(9)16-14(17)11-4-5-13(15-7-11)18-8-10-2-3-10/h4-5,7,9-10,12H,2-3,6,8H2,1H3,(H,16,17)/t9-,12-/m0/s1. The molecule has 0 aromatic carbocycles. The van der Waals surface area contributed by atoms with Crippen LogP contribution in [0.1, 0.15) is 36.5 Å². The highest BCUT2D eigenvalue weighted by Gasteiger charge is 2.34. The molecule has 1 N–H and O–H groups in total. The van der Waals surface area contributed by atoms with Crippen LogP contribution in [0.15, 0.2) is 18.3 Å². The molecule has 96 valence electrons. The summed E-state index contributed by atoms with van der Waals surface area (Å²) in [6, 6.07) is 3.90. The van der Waals surface area contributed by atoms with E-state index in [1.165, 1.54) is 12.8 Å². The van der Waals surface area contributed by atoms with E-state index in [9.17, 15) is 4.79 Å². The predicted molar refractivity (Wildman–Crippen MR) is 67.5 cm³/mol.